The summed E-state index contributed by atoms with van der Waals surface area (Å²) in [7, 11) is 0. The van der Waals surface area contributed by atoms with E-state index in [1.165, 1.54) is 99.8 Å². The molecular formula is C116H95Ir3N15-6. The third-order valence-electron chi connectivity index (χ3n) is 25.0. The first kappa shape index (κ1) is 96.1. The second-order valence-electron chi connectivity index (χ2n) is 34.0. The van der Waals surface area contributed by atoms with Gasteiger partial charge in [0.25, 0.3) is 0 Å². The van der Waals surface area contributed by atoms with Gasteiger partial charge in [-0.3, -0.25) is 0 Å². The maximum Gasteiger partial charge on any atom is 0.202 e. The first-order valence-corrected chi connectivity index (χ1v) is 43.9. The molecule has 667 valence electrons. The minimum Gasteiger partial charge on any atom is -0.305 e. The normalized spacial score (nSPS) is 11.8. The average molecular weight is 2280 g/mol. The molecule has 0 atom stereocenters. The SMILES string of the molecule is CC(C)c1ccc2c(-c3[c-]cccc3)nccc2c1.CC1(C)c2ccccc2-c2c[c-]c(-c3nnc(-c4ccc5c(c4)C(C)(C)c4ccccc4-5)nn3)cc21.Cc1[c-]c(-c2ccccn2)c(C)c(C)c1C.Cc1nc(-c2[c-]cccc2)c(C)c(C)c1C.[Ir].[Ir].[Ir].[c-]1ccc2ccccc2c1-c1nnc(-c2cccc3ccccc23)nn1.[c-]1ccccc1-c1nnc(-c2ccccc2)nn1. The summed E-state index contributed by atoms with van der Waals surface area (Å²) in [5.74, 6) is 3.57. The van der Waals surface area contributed by atoms with Crippen molar-refractivity contribution < 1.29 is 60.3 Å². The van der Waals surface area contributed by atoms with Crippen molar-refractivity contribution in [2.75, 3.05) is 0 Å². The predicted molar refractivity (Wildman–Crippen MR) is 527 cm³/mol. The minimum absolute atomic E-state index is 0. The molecule has 0 bridgehead atoms. The van der Waals surface area contributed by atoms with Crippen LogP contribution in [0.15, 0.2) is 316 Å². The van der Waals surface area contributed by atoms with Gasteiger partial charge in [0.05, 0.1) is 0 Å². The number of hydrogen-bond acceptors (Lipinski definition) is 15. The Hall–Kier alpha value is -13.9. The van der Waals surface area contributed by atoms with Crippen LogP contribution >= 0.6 is 0 Å². The van der Waals surface area contributed by atoms with Gasteiger partial charge in [-0.05, 0) is 135 Å². The van der Waals surface area contributed by atoms with Crippen LogP contribution < -0.4 is 0 Å². The molecule has 134 heavy (non-hydrogen) atoms. The Morgan fingerprint density at radius 1 is 0.284 bits per heavy atom. The quantitative estimate of drug-likeness (QED) is 0.117. The number of fused-ring (bicyclic) bond motifs is 9. The van der Waals surface area contributed by atoms with Gasteiger partial charge in [0.1, 0.15) is 17.5 Å². The molecule has 22 rings (SSSR count). The zero-order valence-corrected chi connectivity index (χ0v) is 84.0. The van der Waals surface area contributed by atoms with Crippen LogP contribution in [0.3, 0.4) is 0 Å². The Labute approximate surface area is 824 Å². The Kier molecular flexibility index (Phi) is 30.7. The van der Waals surface area contributed by atoms with E-state index in [0.29, 0.717) is 40.9 Å². The molecule has 0 saturated heterocycles. The van der Waals surface area contributed by atoms with Crippen LogP contribution in [0.4, 0.5) is 0 Å². The van der Waals surface area contributed by atoms with Gasteiger partial charge in [0, 0.05) is 101 Å². The molecule has 6 aromatic heterocycles. The van der Waals surface area contributed by atoms with Gasteiger partial charge in [-0.2, -0.15) is 30.6 Å². The van der Waals surface area contributed by atoms with Crippen molar-refractivity contribution in [3.63, 3.8) is 0 Å². The van der Waals surface area contributed by atoms with Gasteiger partial charge in [0.2, 0.25) is 17.5 Å². The molecule has 20 aromatic rings. The van der Waals surface area contributed by atoms with Gasteiger partial charge in [0.15, 0.2) is 0 Å². The number of nitrogens with zero attached hydrogens (tertiary/aromatic N) is 15. The summed E-state index contributed by atoms with van der Waals surface area (Å²) in [6.07, 6.45) is 3.70. The molecule has 0 spiro atoms. The van der Waals surface area contributed by atoms with Crippen LogP contribution in [-0.4, -0.2) is 76.1 Å². The van der Waals surface area contributed by atoms with Gasteiger partial charge in [-0.1, -0.05) is 290 Å². The second-order valence-corrected chi connectivity index (χ2v) is 34.0. The molecule has 0 unspecified atom stereocenters. The molecule has 0 N–H and O–H groups in total. The third-order valence-corrected chi connectivity index (χ3v) is 25.0. The van der Waals surface area contributed by atoms with Gasteiger partial charge < -0.3 is 15.0 Å². The fraction of sp³-hybridized carbons (Fsp3) is 0.147. The van der Waals surface area contributed by atoms with E-state index in [2.05, 4.69) is 349 Å². The summed E-state index contributed by atoms with van der Waals surface area (Å²) >= 11 is 0. The van der Waals surface area contributed by atoms with E-state index in [1.807, 2.05) is 176 Å². The zero-order chi connectivity index (χ0) is 90.9. The zero-order valence-electron chi connectivity index (χ0n) is 76.8. The monoisotopic (exact) mass is 2280 g/mol. The number of pyridine rings is 3. The Balaban J connectivity index is 0.000000132. The third kappa shape index (κ3) is 20.5. The van der Waals surface area contributed by atoms with Crippen LogP contribution in [0.5, 0.6) is 0 Å². The molecule has 0 saturated carbocycles. The smallest absolute Gasteiger partial charge is 0.202 e. The predicted octanol–water partition coefficient (Wildman–Crippen LogP) is 26.5. The molecular weight excluding hydrogens is 2180 g/mol. The van der Waals surface area contributed by atoms with E-state index in [0.717, 1.165) is 94.4 Å². The van der Waals surface area contributed by atoms with Gasteiger partial charge in [-0.15, -0.1) is 225 Å². The average Bonchev–Trinajstić information content (AvgIpc) is 1.58. The summed E-state index contributed by atoms with van der Waals surface area (Å²) in [5, 5.41) is 58.3. The fourth-order valence-corrected chi connectivity index (χ4v) is 16.9. The van der Waals surface area contributed by atoms with E-state index >= 15 is 0 Å². The molecule has 0 fully saturated rings. The molecule has 14 aromatic carbocycles. The molecule has 6 heterocycles. The van der Waals surface area contributed by atoms with E-state index < -0.39 is 0 Å². The minimum atomic E-state index is -0.0919. The van der Waals surface area contributed by atoms with Crippen molar-refractivity contribution in [3.05, 3.63) is 425 Å². The molecule has 2 aliphatic rings. The topological polar surface area (TPSA) is 193 Å². The van der Waals surface area contributed by atoms with Gasteiger partial charge >= 0.3 is 0 Å². The Morgan fingerprint density at radius 2 is 0.791 bits per heavy atom. The van der Waals surface area contributed by atoms with Crippen molar-refractivity contribution in [1.82, 2.24) is 76.1 Å². The van der Waals surface area contributed by atoms with Crippen LogP contribution in [0.2, 0.25) is 0 Å². The summed E-state index contributed by atoms with van der Waals surface area (Å²) in [6.45, 7) is 30.5. The maximum atomic E-state index is 4.67. The molecule has 2 aliphatic carbocycles. The number of rotatable bonds is 10. The summed E-state index contributed by atoms with van der Waals surface area (Å²) < 4.78 is 0. The molecule has 3 radical (unpaired) electrons. The first-order chi connectivity index (χ1) is 63.7. The molecule has 15 nitrogen and oxygen atoms in total. The maximum absolute atomic E-state index is 4.67. The standard InChI is InChI=1S/C32H25N4.C22H13N4.C18H16N.2C15H16N.C14H9N4.3Ir/c1-31(2)25-11-7-5-9-21(25)23-15-13-19(17-27(23)31)29-33-35-30(36-34-29)20-14-16-24-22-10-6-8-12-26(22)32(3,4)28(24)18-20;1-3-11-17-15(7-1)9-5-13-19(17)21-23-25-22(26-24-21)20-14-6-10-16-8-2-4-12-18(16)20;1-13(2)15-8-9-17-16(12-15)10-11-19-18(17)14-6-4-3-5-7-14;1-10-9-14(13(4)12(3)11(10)2)15-7-5-6-8-16-15;1-10-11(2)13(4)16-15(12(10)3)14-8-6-5-7-9-14;1-3-7-11(8-4-1)13-15-17-14(18-16-13)12-9-5-2-6-10-12;;;/h5-13,15-18H,1-4H3;1-13H;3-6,8-13H,1-2H3;2*5-8H,1-4H3;1-9H;;;/q6*-1;;;. The van der Waals surface area contributed by atoms with Crippen LogP contribution in [0.25, 0.3) is 157 Å². The van der Waals surface area contributed by atoms with Crippen molar-refractivity contribution >= 4 is 32.3 Å². The van der Waals surface area contributed by atoms with Crippen molar-refractivity contribution in [1.29, 1.82) is 0 Å². The van der Waals surface area contributed by atoms with Crippen molar-refractivity contribution in [2.24, 2.45) is 0 Å². The second kappa shape index (κ2) is 42.7. The summed E-state index contributed by atoms with van der Waals surface area (Å²) in [4.78, 5) is 13.6. The Bertz CT molecular complexity index is 7110. The molecule has 0 aliphatic heterocycles. The van der Waals surface area contributed by atoms with Crippen LogP contribution in [0, 0.1) is 91.8 Å². The largest absolute Gasteiger partial charge is 0.305 e. The number of aryl methyl sites for hydroxylation is 2. The Morgan fingerprint density at radius 3 is 1.42 bits per heavy atom. The van der Waals surface area contributed by atoms with E-state index in [9.17, 15) is 0 Å². The van der Waals surface area contributed by atoms with E-state index in [-0.39, 0.29) is 71.1 Å². The van der Waals surface area contributed by atoms with E-state index in [4.69, 9.17) is 0 Å². The van der Waals surface area contributed by atoms with Crippen LogP contribution in [-0.2, 0) is 71.1 Å². The fourth-order valence-electron chi connectivity index (χ4n) is 16.9. The number of aromatic nitrogens is 15. The van der Waals surface area contributed by atoms with Gasteiger partial charge in [-0.25, -0.2) is 0 Å². The van der Waals surface area contributed by atoms with Crippen LogP contribution in [0.1, 0.15) is 120 Å². The molecule has 18 heteroatoms. The summed E-state index contributed by atoms with van der Waals surface area (Å²) in [5.41, 5.74) is 33.1. The molecule has 0 amide bonds. The number of hydrogen-bond donors (Lipinski definition) is 0. The van der Waals surface area contributed by atoms with Crippen molar-refractivity contribution in [3.8, 4) is 124 Å². The van der Waals surface area contributed by atoms with Crippen molar-refractivity contribution in [2.45, 2.75) is 114 Å². The first-order valence-electron chi connectivity index (χ1n) is 43.9. The summed E-state index contributed by atoms with van der Waals surface area (Å²) in [6, 6.07) is 121. The van der Waals surface area contributed by atoms with E-state index in [1.54, 1.807) is 0 Å². The number of benzene rings is 14.